The number of ether oxygens (including phenoxy) is 1. The predicted molar refractivity (Wildman–Crippen MR) is 87.5 cm³/mol. The van der Waals surface area contributed by atoms with Crippen molar-refractivity contribution in [2.45, 2.75) is 20.0 Å². The number of carbonyl (C=O) groups is 1. The van der Waals surface area contributed by atoms with Crippen LogP contribution in [0.4, 0.5) is 0 Å². The summed E-state index contributed by atoms with van der Waals surface area (Å²) in [6.45, 7) is 2.50. The van der Waals surface area contributed by atoms with Gasteiger partial charge in [0, 0.05) is 11.1 Å². The molecule has 0 fully saturated rings. The van der Waals surface area contributed by atoms with E-state index in [1.807, 2.05) is 61.5 Å². The van der Waals surface area contributed by atoms with Crippen molar-refractivity contribution < 1.29 is 14.1 Å². The van der Waals surface area contributed by atoms with Gasteiger partial charge in [0.25, 0.3) is 0 Å². The van der Waals surface area contributed by atoms with Crippen LogP contribution in [0.3, 0.4) is 0 Å². The summed E-state index contributed by atoms with van der Waals surface area (Å²) in [6, 6.07) is 17.6. The van der Waals surface area contributed by atoms with Gasteiger partial charge in [-0.2, -0.15) is 0 Å². The molecular weight excluding hydrogens is 290 g/mol. The molecule has 0 bridgehead atoms. The van der Waals surface area contributed by atoms with Crippen molar-refractivity contribution in [2.75, 3.05) is 0 Å². The van der Waals surface area contributed by atoms with E-state index < -0.39 is 0 Å². The zero-order valence-electron chi connectivity index (χ0n) is 12.9. The van der Waals surface area contributed by atoms with Crippen molar-refractivity contribution in [3.05, 3.63) is 71.4 Å². The summed E-state index contributed by atoms with van der Waals surface area (Å²) in [5, 5.41) is 3.81. The Kier molecular flexibility index (Phi) is 4.52. The van der Waals surface area contributed by atoms with Crippen LogP contribution >= 0.6 is 0 Å². The van der Waals surface area contributed by atoms with Gasteiger partial charge in [-0.15, -0.1) is 0 Å². The summed E-state index contributed by atoms with van der Waals surface area (Å²) in [6.07, 6.45) is 1.42. The third kappa shape index (κ3) is 3.31. The lowest BCUT2D eigenvalue weighted by Crippen LogP contribution is -1.94. The van der Waals surface area contributed by atoms with Crippen molar-refractivity contribution in [1.29, 1.82) is 0 Å². The van der Waals surface area contributed by atoms with E-state index in [4.69, 9.17) is 9.26 Å². The van der Waals surface area contributed by atoms with E-state index >= 15 is 0 Å². The second-order valence-electron chi connectivity index (χ2n) is 5.15. The van der Waals surface area contributed by atoms with Crippen molar-refractivity contribution in [2.24, 2.45) is 0 Å². The van der Waals surface area contributed by atoms with E-state index in [0.717, 1.165) is 28.7 Å². The first-order valence-corrected chi connectivity index (χ1v) is 7.52. The Balaban J connectivity index is 1.74. The van der Waals surface area contributed by atoms with Crippen LogP contribution in [0, 0.1) is 0 Å². The fraction of sp³-hybridized carbons (Fsp3) is 0.158. The molecule has 3 rings (SSSR count). The highest BCUT2D eigenvalue weighted by Crippen LogP contribution is 2.28. The van der Waals surface area contributed by atoms with Crippen LogP contribution in [0.15, 0.2) is 59.1 Å². The molecule has 1 aromatic heterocycles. The van der Waals surface area contributed by atoms with Gasteiger partial charge in [-0.25, -0.2) is 0 Å². The van der Waals surface area contributed by atoms with Gasteiger partial charge in [0.2, 0.25) is 0 Å². The first kappa shape index (κ1) is 15.0. The Morgan fingerprint density at radius 1 is 1.09 bits per heavy atom. The fourth-order valence-electron chi connectivity index (χ4n) is 2.43. The topological polar surface area (TPSA) is 52.3 Å². The Labute approximate surface area is 134 Å². The quantitative estimate of drug-likeness (QED) is 0.637. The van der Waals surface area contributed by atoms with Gasteiger partial charge < -0.3 is 9.26 Å². The maximum atomic E-state index is 11.0. The molecule has 0 saturated carbocycles. The fourth-order valence-corrected chi connectivity index (χ4v) is 2.43. The van der Waals surface area contributed by atoms with Gasteiger partial charge in [0.15, 0.2) is 12.0 Å². The number of aldehydes is 1. The Morgan fingerprint density at radius 2 is 1.83 bits per heavy atom. The molecule has 0 unspecified atom stereocenters. The van der Waals surface area contributed by atoms with Gasteiger partial charge in [-0.1, -0.05) is 42.4 Å². The van der Waals surface area contributed by atoms with Crippen LogP contribution in [0.5, 0.6) is 5.75 Å². The van der Waals surface area contributed by atoms with Gasteiger partial charge in [0.1, 0.15) is 18.1 Å². The summed E-state index contributed by atoms with van der Waals surface area (Å²) in [5.74, 6) is 1.43. The van der Waals surface area contributed by atoms with Crippen LogP contribution in [-0.4, -0.2) is 11.4 Å². The van der Waals surface area contributed by atoms with Crippen LogP contribution in [0.25, 0.3) is 11.3 Å². The molecular formula is C19H17NO3. The number of aromatic nitrogens is 1. The SMILES string of the molecule is CCc1c(C=O)noc1-c1ccc(OCc2ccccc2)cc1. The highest BCUT2D eigenvalue weighted by atomic mass is 16.5. The van der Waals surface area contributed by atoms with Gasteiger partial charge >= 0.3 is 0 Å². The summed E-state index contributed by atoms with van der Waals surface area (Å²) in [4.78, 5) is 11.0. The highest BCUT2D eigenvalue weighted by Gasteiger charge is 2.15. The molecule has 2 aromatic carbocycles. The second-order valence-corrected chi connectivity index (χ2v) is 5.15. The summed E-state index contributed by atoms with van der Waals surface area (Å²) < 4.78 is 11.1. The van der Waals surface area contributed by atoms with Crippen molar-refractivity contribution >= 4 is 6.29 Å². The van der Waals surface area contributed by atoms with E-state index in [2.05, 4.69) is 5.16 Å². The minimum absolute atomic E-state index is 0.368. The van der Waals surface area contributed by atoms with Crippen LogP contribution < -0.4 is 4.74 Å². The third-order valence-electron chi connectivity index (χ3n) is 3.65. The molecule has 0 aliphatic carbocycles. The normalized spacial score (nSPS) is 10.5. The molecule has 0 aliphatic rings. The molecule has 0 N–H and O–H groups in total. The second kappa shape index (κ2) is 6.92. The number of hydrogen-bond donors (Lipinski definition) is 0. The minimum atomic E-state index is 0.368. The number of hydrogen-bond acceptors (Lipinski definition) is 4. The first-order valence-electron chi connectivity index (χ1n) is 7.52. The molecule has 1 heterocycles. The standard InChI is InChI=1S/C19H17NO3/c1-2-17-18(12-21)20-23-19(17)15-8-10-16(11-9-15)22-13-14-6-4-3-5-7-14/h3-12H,2,13H2,1H3. The van der Waals surface area contributed by atoms with Crippen molar-refractivity contribution in [3.8, 4) is 17.1 Å². The molecule has 116 valence electrons. The van der Waals surface area contributed by atoms with E-state index in [1.165, 1.54) is 0 Å². The lowest BCUT2D eigenvalue weighted by Gasteiger charge is -2.07. The average Bonchev–Trinajstić information content (AvgIpc) is 3.04. The molecule has 4 nitrogen and oxygen atoms in total. The highest BCUT2D eigenvalue weighted by molar-refractivity contribution is 5.78. The molecule has 0 radical (unpaired) electrons. The Hall–Kier alpha value is -2.88. The van der Waals surface area contributed by atoms with Crippen LogP contribution in [0.2, 0.25) is 0 Å². The van der Waals surface area contributed by atoms with Crippen molar-refractivity contribution in [3.63, 3.8) is 0 Å². The number of nitrogens with zero attached hydrogens (tertiary/aromatic N) is 1. The zero-order chi connectivity index (χ0) is 16.1. The monoisotopic (exact) mass is 307 g/mol. The molecule has 0 atom stereocenters. The first-order chi connectivity index (χ1) is 11.3. The molecule has 3 aromatic rings. The summed E-state index contributed by atoms with van der Waals surface area (Å²) >= 11 is 0. The van der Waals surface area contributed by atoms with E-state index in [-0.39, 0.29) is 0 Å². The molecule has 0 amide bonds. The van der Waals surface area contributed by atoms with E-state index in [1.54, 1.807) is 0 Å². The van der Waals surface area contributed by atoms with Gasteiger partial charge in [-0.3, -0.25) is 4.79 Å². The zero-order valence-corrected chi connectivity index (χ0v) is 12.9. The van der Waals surface area contributed by atoms with Crippen LogP contribution in [0.1, 0.15) is 28.5 Å². The average molecular weight is 307 g/mol. The Morgan fingerprint density at radius 3 is 2.48 bits per heavy atom. The minimum Gasteiger partial charge on any atom is -0.489 e. The third-order valence-corrected chi connectivity index (χ3v) is 3.65. The van der Waals surface area contributed by atoms with Gasteiger partial charge in [-0.05, 0) is 36.2 Å². The lowest BCUT2D eigenvalue weighted by atomic mass is 10.0. The smallest absolute Gasteiger partial charge is 0.172 e. The number of benzene rings is 2. The molecule has 4 heteroatoms. The van der Waals surface area contributed by atoms with E-state index in [9.17, 15) is 4.79 Å². The van der Waals surface area contributed by atoms with Crippen molar-refractivity contribution in [1.82, 2.24) is 5.16 Å². The molecule has 0 saturated heterocycles. The molecule has 0 spiro atoms. The maximum absolute atomic E-state index is 11.0. The predicted octanol–water partition coefficient (Wildman–Crippen LogP) is 4.30. The summed E-state index contributed by atoms with van der Waals surface area (Å²) in [5.41, 5.74) is 3.20. The lowest BCUT2D eigenvalue weighted by molar-refractivity contribution is 0.111. The van der Waals surface area contributed by atoms with Crippen LogP contribution in [-0.2, 0) is 13.0 Å². The van der Waals surface area contributed by atoms with Gasteiger partial charge in [0.05, 0.1) is 0 Å². The largest absolute Gasteiger partial charge is 0.489 e. The Bertz CT molecular complexity index is 776. The summed E-state index contributed by atoms with van der Waals surface area (Å²) in [7, 11) is 0. The molecule has 23 heavy (non-hydrogen) atoms. The molecule has 0 aliphatic heterocycles. The van der Waals surface area contributed by atoms with E-state index in [0.29, 0.717) is 24.5 Å². The maximum Gasteiger partial charge on any atom is 0.172 e. The number of carbonyl (C=O) groups excluding carboxylic acids is 1. The number of rotatable bonds is 6.